The zero-order valence-electron chi connectivity index (χ0n) is 15.5. The number of oxazole rings is 1. The van der Waals surface area contributed by atoms with Crippen LogP contribution in [0.2, 0.25) is 0 Å². The van der Waals surface area contributed by atoms with Gasteiger partial charge < -0.3 is 13.9 Å². The first-order chi connectivity index (χ1) is 13.5. The fourth-order valence-corrected chi connectivity index (χ4v) is 3.86. The Balaban J connectivity index is 1.55. The zero-order valence-corrected chi connectivity index (χ0v) is 16.3. The molecule has 2 aromatic carbocycles. The second-order valence-electron chi connectivity index (χ2n) is 6.57. The number of ether oxygens (including phenoxy) is 2. The number of nitrogens with one attached hydrogen (secondary N) is 1. The first-order valence-corrected chi connectivity index (χ1v) is 10.3. The van der Waals surface area contributed by atoms with Crippen molar-refractivity contribution >= 4 is 15.7 Å². The molecule has 0 saturated heterocycles. The molecule has 0 aliphatic heterocycles. The zero-order chi connectivity index (χ0) is 19.7. The Hall–Kier alpha value is -3.00. The Morgan fingerprint density at radius 3 is 2.25 bits per heavy atom. The van der Waals surface area contributed by atoms with E-state index in [-0.39, 0.29) is 4.90 Å². The molecule has 1 aromatic heterocycles. The van der Waals surface area contributed by atoms with E-state index >= 15 is 0 Å². The number of benzene rings is 2. The van der Waals surface area contributed by atoms with Crippen molar-refractivity contribution in [3.8, 4) is 22.8 Å². The molecule has 1 heterocycles. The lowest BCUT2D eigenvalue weighted by atomic mass is 10.2. The van der Waals surface area contributed by atoms with E-state index < -0.39 is 10.0 Å². The SMILES string of the molecule is COc1cc(NS(=O)(=O)c2ccc(-c3cnc(C4CC4)o3)cc2)cc(OC)c1. The number of rotatable bonds is 7. The molecule has 0 amide bonds. The standard InChI is InChI=1S/C20H20N2O5S/c1-25-16-9-15(10-17(11-16)26-2)22-28(23,24)18-7-5-13(6-8-18)19-12-21-20(27-19)14-3-4-14/h5-12,14,22H,3-4H2,1-2H3. The molecule has 0 radical (unpaired) electrons. The second-order valence-corrected chi connectivity index (χ2v) is 8.25. The van der Waals surface area contributed by atoms with Gasteiger partial charge in [-0.3, -0.25) is 4.72 Å². The molecule has 0 spiro atoms. The summed E-state index contributed by atoms with van der Waals surface area (Å²) in [5.74, 6) is 2.79. The number of methoxy groups -OCH3 is 2. The fourth-order valence-electron chi connectivity index (χ4n) is 2.82. The molecular weight excluding hydrogens is 380 g/mol. The van der Waals surface area contributed by atoms with Crippen molar-refractivity contribution in [1.82, 2.24) is 4.98 Å². The van der Waals surface area contributed by atoms with Crippen LogP contribution in [-0.4, -0.2) is 27.6 Å². The number of nitrogens with zero attached hydrogens (tertiary/aromatic N) is 1. The van der Waals surface area contributed by atoms with Crippen molar-refractivity contribution in [3.63, 3.8) is 0 Å². The second kappa shape index (κ2) is 7.20. The van der Waals surface area contributed by atoms with Crippen LogP contribution in [0.3, 0.4) is 0 Å². The van der Waals surface area contributed by atoms with Crippen LogP contribution in [0.1, 0.15) is 24.7 Å². The lowest BCUT2D eigenvalue weighted by molar-refractivity contribution is 0.395. The van der Waals surface area contributed by atoms with Gasteiger partial charge in [0.15, 0.2) is 11.7 Å². The van der Waals surface area contributed by atoms with Crippen LogP contribution in [0.5, 0.6) is 11.5 Å². The Kier molecular flexibility index (Phi) is 4.72. The molecule has 1 aliphatic rings. The highest BCUT2D eigenvalue weighted by Crippen LogP contribution is 2.40. The quantitative estimate of drug-likeness (QED) is 0.644. The van der Waals surface area contributed by atoms with E-state index in [1.165, 1.54) is 26.4 Å². The summed E-state index contributed by atoms with van der Waals surface area (Å²) < 4.78 is 44.1. The van der Waals surface area contributed by atoms with Gasteiger partial charge in [0.2, 0.25) is 0 Å². The van der Waals surface area contributed by atoms with Crippen LogP contribution in [0, 0.1) is 0 Å². The van der Waals surface area contributed by atoms with Gasteiger partial charge in [-0.15, -0.1) is 0 Å². The van der Waals surface area contributed by atoms with Crippen LogP contribution < -0.4 is 14.2 Å². The smallest absolute Gasteiger partial charge is 0.261 e. The number of aromatic nitrogens is 1. The third-order valence-electron chi connectivity index (χ3n) is 4.50. The fraction of sp³-hybridized carbons (Fsp3) is 0.250. The summed E-state index contributed by atoms with van der Waals surface area (Å²) in [4.78, 5) is 4.43. The van der Waals surface area contributed by atoms with Crippen molar-refractivity contribution in [2.45, 2.75) is 23.7 Å². The van der Waals surface area contributed by atoms with E-state index in [1.54, 1.807) is 36.5 Å². The Labute approximate surface area is 163 Å². The molecule has 7 nitrogen and oxygen atoms in total. The summed E-state index contributed by atoms with van der Waals surface area (Å²) in [6.07, 6.45) is 3.90. The minimum Gasteiger partial charge on any atom is -0.497 e. The van der Waals surface area contributed by atoms with E-state index in [4.69, 9.17) is 13.9 Å². The van der Waals surface area contributed by atoms with Crippen molar-refractivity contribution in [3.05, 3.63) is 54.6 Å². The van der Waals surface area contributed by atoms with Crippen molar-refractivity contribution in [1.29, 1.82) is 0 Å². The summed E-state index contributed by atoms with van der Waals surface area (Å²) in [7, 11) is -0.760. The van der Waals surface area contributed by atoms with Crippen LogP contribution in [0.4, 0.5) is 5.69 Å². The lowest BCUT2D eigenvalue weighted by Gasteiger charge is -2.11. The molecule has 1 fully saturated rings. The van der Waals surface area contributed by atoms with Crippen LogP contribution in [0.25, 0.3) is 11.3 Å². The first-order valence-electron chi connectivity index (χ1n) is 8.80. The van der Waals surface area contributed by atoms with Gasteiger partial charge in [0, 0.05) is 29.7 Å². The monoisotopic (exact) mass is 400 g/mol. The highest BCUT2D eigenvalue weighted by Gasteiger charge is 2.28. The highest BCUT2D eigenvalue weighted by atomic mass is 32.2. The van der Waals surface area contributed by atoms with Crippen LogP contribution >= 0.6 is 0 Å². The van der Waals surface area contributed by atoms with Crippen molar-refractivity contribution < 1.29 is 22.3 Å². The number of sulfonamides is 1. The number of hydrogen-bond donors (Lipinski definition) is 1. The third kappa shape index (κ3) is 3.82. The number of anilines is 1. The molecule has 1 N–H and O–H groups in total. The molecule has 0 atom stereocenters. The first kappa shape index (κ1) is 18.4. The third-order valence-corrected chi connectivity index (χ3v) is 5.90. The van der Waals surface area contributed by atoms with Gasteiger partial charge >= 0.3 is 0 Å². The van der Waals surface area contributed by atoms with Crippen LogP contribution in [-0.2, 0) is 10.0 Å². The van der Waals surface area contributed by atoms with Gasteiger partial charge in [-0.2, -0.15) is 0 Å². The topological polar surface area (TPSA) is 90.7 Å². The molecule has 0 unspecified atom stereocenters. The van der Waals surface area contributed by atoms with E-state index in [0.29, 0.717) is 28.9 Å². The molecule has 4 rings (SSSR count). The van der Waals surface area contributed by atoms with Gasteiger partial charge in [-0.05, 0) is 37.1 Å². The van der Waals surface area contributed by atoms with Crippen LogP contribution in [0.15, 0.2) is 58.0 Å². The average molecular weight is 400 g/mol. The van der Waals surface area contributed by atoms with E-state index in [9.17, 15) is 8.42 Å². The molecular formula is C20H20N2O5S. The predicted octanol–water partition coefficient (Wildman–Crippen LogP) is 4.04. The highest BCUT2D eigenvalue weighted by molar-refractivity contribution is 7.92. The predicted molar refractivity (Wildman–Crippen MR) is 104 cm³/mol. The minimum atomic E-state index is -3.77. The molecule has 8 heteroatoms. The summed E-state index contributed by atoms with van der Waals surface area (Å²) in [5.41, 5.74) is 1.13. The van der Waals surface area contributed by atoms with Gasteiger partial charge in [-0.25, -0.2) is 13.4 Å². The van der Waals surface area contributed by atoms with Gasteiger partial charge in [0.25, 0.3) is 10.0 Å². The maximum Gasteiger partial charge on any atom is 0.261 e. The lowest BCUT2D eigenvalue weighted by Crippen LogP contribution is -2.13. The maximum absolute atomic E-state index is 12.7. The summed E-state index contributed by atoms with van der Waals surface area (Å²) in [5, 5.41) is 0. The summed E-state index contributed by atoms with van der Waals surface area (Å²) >= 11 is 0. The number of hydrogen-bond acceptors (Lipinski definition) is 6. The normalized spacial score (nSPS) is 13.9. The average Bonchev–Trinajstić information content (AvgIpc) is 3.44. The molecule has 3 aromatic rings. The molecule has 1 saturated carbocycles. The van der Waals surface area contributed by atoms with Gasteiger partial charge in [0.05, 0.1) is 31.0 Å². The van der Waals surface area contributed by atoms with E-state index in [1.807, 2.05) is 0 Å². The molecule has 146 valence electrons. The van der Waals surface area contributed by atoms with E-state index in [0.717, 1.165) is 24.3 Å². The largest absolute Gasteiger partial charge is 0.497 e. The Bertz CT molecular complexity index is 1060. The van der Waals surface area contributed by atoms with Crippen molar-refractivity contribution in [2.75, 3.05) is 18.9 Å². The van der Waals surface area contributed by atoms with E-state index in [2.05, 4.69) is 9.71 Å². The van der Waals surface area contributed by atoms with Gasteiger partial charge in [-0.1, -0.05) is 0 Å². The van der Waals surface area contributed by atoms with Crippen molar-refractivity contribution in [2.24, 2.45) is 0 Å². The Morgan fingerprint density at radius 2 is 1.68 bits per heavy atom. The summed E-state index contributed by atoms with van der Waals surface area (Å²) in [6, 6.07) is 11.3. The minimum absolute atomic E-state index is 0.139. The molecule has 0 bridgehead atoms. The summed E-state index contributed by atoms with van der Waals surface area (Å²) in [6.45, 7) is 0. The Morgan fingerprint density at radius 1 is 1.04 bits per heavy atom. The molecule has 1 aliphatic carbocycles. The van der Waals surface area contributed by atoms with Gasteiger partial charge in [0.1, 0.15) is 11.5 Å². The molecule has 28 heavy (non-hydrogen) atoms. The maximum atomic E-state index is 12.7.